The fraction of sp³-hybridized carbons (Fsp3) is 0.364. The minimum absolute atomic E-state index is 0.0563. The van der Waals surface area contributed by atoms with Gasteiger partial charge in [-0.2, -0.15) is 8.78 Å². The first kappa shape index (κ1) is 11.6. The zero-order valence-electron chi connectivity index (χ0n) is 8.80. The number of hydrogen-bond acceptors (Lipinski definition) is 2. The predicted octanol–water partition coefficient (Wildman–Crippen LogP) is 3.11. The zero-order valence-corrected chi connectivity index (χ0v) is 8.80. The number of alkyl halides is 2. The summed E-state index contributed by atoms with van der Waals surface area (Å²) in [6.07, 6.45) is 0. The summed E-state index contributed by atoms with van der Waals surface area (Å²) in [4.78, 5) is 11.3. The van der Waals surface area contributed by atoms with Gasteiger partial charge in [-0.1, -0.05) is 6.07 Å². The predicted molar refractivity (Wildman–Crippen MR) is 52.6 cm³/mol. The third kappa shape index (κ3) is 2.52. The molecule has 0 amide bonds. The molecule has 0 fully saturated rings. The van der Waals surface area contributed by atoms with Gasteiger partial charge >= 0.3 is 6.61 Å². The van der Waals surface area contributed by atoms with E-state index in [0.717, 1.165) is 5.56 Å². The summed E-state index contributed by atoms with van der Waals surface area (Å²) in [6, 6.07) is 3.05. The smallest absolute Gasteiger partial charge is 0.387 e. The molecule has 0 radical (unpaired) electrons. The van der Waals surface area contributed by atoms with Crippen LogP contribution < -0.4 is 4.74 Å². The lowest BCUT2D eigenvalue weighted by Gasteiger charge is -2.12. The van der Waals surface area contributed by atoms with Crippen LogP contribution >= 0.6 is 0 Å². The molecule has 82 valence electrons. The molecule has 0 atom stereocenters. The molecule has 0 aliphatic heterocycles. The molecule has 0 aromatic heterocycles. The second kappa shape index (κ2) is 4.38. The van der Waals surface area contributed by atoms with E-state index in [9.17, 15) is 13.6 Å². The first-order chi connectivity index (χ1) is 6.93. The molecule has 1 rings (SSSR count). The summed E-state index contributed by atoms with van der Waals surface area (Å²) in [5, 5.41) is 0. The Morgan fingerprint density at radius 3 is 2.40 bits per heavy atom. The lowest BCUT2D eigenvalue weighted by atomic mass is 9.99. The summed E-state index contributed by atoms with van der Waals surface area (Å²) in [6.45, 7) is 1.89. The van der Waals surface area contributed by atoms with Crippen LogP contribution in [0.2, 0.25) is 0 Å². The van der Waals surface area contributed by atoms with Crippen LogP contribution in [0.15, 0.2) is 12.1 Å². The summed E-state index contributed by atoms with van der Waals surface area (Å²) < 4.78 is 28.4. The summed E-state index contributed by atoms with van der Waals surface area (Å²) >= 11 is 0. The molecular weight excluding hydrogens is 202 g/mol. The molecule has 0 aliphatic rings. The summed E-state index contributed by atoms with van der Waals surface area (Å²) in [5.41, 5.74) is 1.68. The van der Waals surface area contributed by atoms with Crippen LogP contribution in [0.4, 0.5) is 8.78 Å². The van der Waals surface area contributed by atoms with E-state index in [0.29, 0.717) is 11.1 Å². The molecule has 1 aromatic carbocycles. The Hall–Kier alpha value is -1.45. The van der Waals surface area contributed by atoms with Crippen molar-refractivity contribution in [1.29, 1.82) is 0 Å². The Balaban J connectivity index is 3.22. The van der Waals surface area contributed by atoms with Gasteiger partial charge in [-0.15, -0.1) is 0 Å². The van der Waals surface area contributed by atoms with Crippen LogP contribution in [-0.4, -0.2) is 12.4 Å². The molecule has 0 unspecified atom stereocenters. The first-order valence-electron chi connectivity index (χ1n) is 4.49. The minimum atomic E-state index is -2.87. The van der Waals surface area contributed by atoms with Gasteiger partial charge in [-0.05, 0) is 32.4 Å². The monoisotopic (exact) mass is 214 g/mol. The normalized spacial score (nSPS) is 10.5. The van der Waals surface area contributed by atoms with Crippen LogP contribution in [0.25, 0.3) is 0 Å². The van der Waals surface area contributed by atoms with Gasteiger partial charge in [0.25, 0.3) is 0 Å². The standard InChI is InChI=1S/C11H12F2O2/c1-6-4-5-9(15-11(12)13)7(2)10(6)8(3)14/h4-5,11H,1-3H3. The second-order valence-electron chi connectivity index (χ2n) is 3.32. The number of carbonyl (C=O) groups is 1. The molecule has 0 spiro atoms. The number of halogens is 2. The Bertz CT molecular complexity index is 386. The Morgan fingerprint density at radius 2 is 1.93 bits per heavy atom. The van der Waals surface area contributed by atoms with Crippen molar-refractivity contribution in [2.24, 2.45) is 0 Å². The molecule has 0 saturated heterocycles. The van der Waals surface area contributed by atoms with E-state index >= 15 is 0 Å². The SMILES string of the molecule is CC(=O)c1c(C)ccc(OC(F)F)c1C. The van der Waals surface area contributed by atoms with Crippen LogP contribution in [0.3, 0.4) is 0 Å². The average molecular weight is 214 g/mol. The number of rotatable bonds is 3. The zero-order chi connectivity index (χ0) is 11.6. The molecule has 0 bridgehead atoms. The molecule has 0 N–H and O–H groups in total. The van der Waals surface area contributed by atoms with Crippen molar-refractivity contribution < 1.29 is 18.3 Å². The second-order valence-corrected chi connectivity index (χ2v) is 3.32. The van der Waals surface area contributed by atoms with Gasteiger partial charge in [0, 0.05) is 11.1 Å². The molecule has 15 heavy (non-hydrogen) atoms. The number of carbonyl (C=O) groups excluding carboxylic acids is 1. The summed E-state index contributed by atoms with van der Waals surface area (Å²) in [5.74, 6) is -0.0921. The lowest BCUT2D eigenvalue weighted by molar-refractivity contribution is -0.0503. The molecule has 0 heterocycles. The fourth-order valence-corrected chi connectivity index (χ4v) is 1.59. The van der Waals surface area contributed by atoms with Crippen LogP contribution in [0.5, 0.6) is 5.75 Å². The van der Waals surface area contributed by atoms with E-state index in [1.54, 1.807) is 19.9 Å². The molecule has 2 nitrogen and oxygen atoms in total. The van der Waals surface area contributed by atoms with Crippen molar-refractivity contribution in [3.8, 4) is 5.75 Å². The third-order valence-electron chi connectivity index (χ3n) is 2.19. The minimum Gasteiger partial charge on any atom is -0.435 e. The highest BCUT2D eigenvalue weighted by Crippen LogP contribution is 2.26. The average Bonchev–Trinajstić information content (AvgIpc) is 2.09. The maximum absolute atomic E-state index is 12.0. The number of aryl methyl sites for hydroxylation is 1. The summed E-state index contributed by atoms with van der Waals surface area (Å²) in [7, 11) is 0. The highest BCUT2D eigenvalue weighted by molar-refractivity contribution is 5.97. The van der Waals surface area contributed by atoms with E-state index in [4.69, 9.17) is 0 Å². The van der Waals surface area contributed by atoms with E-state index < -0.39 is 6.61 Å². The highest BCUT2D eigenvalue weighted by atomic mass is 19.3. The number of ketones is 1. The molecule has 0 aliphatic carbocycles. The quantitative estimate of drug-likeness (QED) is 0.722. The Morgan fingerprint density at radius 1 is 1.33 bits per heavy atom. The maximum atomic E-state index is 12.0. The third-order valence-corrected chi connectivity index (χ3v) is 2.19. The van der Waals surface area contributed by atoms with Crippen LogP contribution in [0, 0.1) is 13.8 Å². The van der Waals surface area contributed by atoms with Gasteiger partial charge in [0.1, 0.15) is 5.75 Å². The largest absolute Gasteiger partial charge is 0.435 e. The van der Waals surface area contributed by atoms with Crippen molar-refractivity contribution >= 4 is 5.78 Å². The topological polar surface area (TPSA) is 26.3 Å². The van der Waals surface area contributed by atoms with Gasteiger partial charge in [-0.3, -0.25) is 4.79 Å². The number of benzene rings is 1. The number of Topliss-reactive ketones (excluding diaryl/α,β-unsaturated/α-hetero) is 1. The van der Waals surface area contributed by atoms with E-state index in [-0.39, 0.29) is 11.5 Å². The fourth-order valence-electron chi connectivity index (χ4n) is 1.59. The van der Waals surface area contributed by atoms with Crippen molar-refractivity contribution in [2.75, 3.05) is 0 Å². The highest BCUT2D eigenvalue weighted by Gasteiger charge is 2.14. The van der Waals surface area contributed by atoms with E-state index in [2.05, 4.69) is 4.74 Å². The Labute approximate surface area is 86.9 Å². The van der Waals surface area contributed by atoms with Gasteiger partial charge in [0.15, 0.2) is 5.78 Å². The molecule has 1 aromatic rings. The number of hydrogen-bond donors (Lipinski definition) is 0. The van der Waals surface area contributed by atoms with Crippen molar-refractivity contribution in [3.63, 3.8) is 0 Å². The Kier molecular flexibility index (Phi) is 3.39. The maximum Gasteiger partial charge on any atom is 0.387 e. The first-order valence-corrected chi connectivity index (χ1v) is 4.49. The van der Waals surface area contributed by atoms with E-state index in [1.165, 1.54) is 13.0 Å². The molecule has 4 heteroatoms. The van der Waals surface area contributed by atoms with Gasteiger partial charge in [0.2, 0.25) is 0 Å². The van der Waals surface area contributed by atoms with Gasteiger partial charge in [-0.25, -0.2) is 0 Å². The van der Waals surface area contributed by atoms with Crippen molar-refractivity contribution in [2.45, 2.75) is 27.4 Å². The lowest BCUT2D eigenvalue weighted by Crippen LogP contribution is -2.07. The molecule has 0 saturated carbocycles. The van der Waals surface area contributed by atoms with Crippen LogP contribution in [-0.2, 0) is 0 Å². The number of ether oxygens (including phenoxy) is 1. The van der Waals surface area contributed by atoms with Crippen molar-refractivity contribution in [3.05, 3.63) is 28.8 Å². The molecular formula is C11H12F2O2. The van der Waals surface area contributed by atoms with E-state index in [1.807, 2.05) is 0 Å². The van der Waals surface area contributed by atoms with Gasteiger partial charge < -0.3 is 4.74 Å². The van der Waals surface area contributed by atoms with Gasteiger partial charge in [0.05, 0.1) is 0 Å². The van der Waals surface area contributed by atoms with Crippen molar-refractivity contribution in [1.82, 2.24) is 0 Å². The van der Waals surface area contributed by atoms with Crippen LogP contribution in [0.1, 0.15) is 28.4 Å².